The lowest BCUT2D eigenvalue weighted by molar-refractivity contribution is -0.128. The van der Waals surface area contributed by atoms with Gasteiger partial charge in [0.05, 0.1) is 11.3 Å². The van der Waals surface area contributed by atoms with Gasteiger partial charge in [-0.2, -0.15) is 0 Å². The topological polar surface area (TPSA) is 73.3 Å². The Balaban J connectivity index is 1.35. The summed E-state index contributed by atoms with van der Waals surface area (Å²) in [4.78, 5) is 32.5. The van der Waals surface area contributed by atoms with Crippen LogP contribution in [-0.4, -0.2) is 77.4 Å². The quantitative estimate of drug-likeness (QED) is 0.680. The van der Waals surface area contributed by atoms with E-state index in [9.17, 15) is 14.7 Å². The summed E-state index contributed by atoms with van der Waals surface area (Å²) in [5, 5.41) is 11.6. The summed E-state index contributed by atoms with van der Waals surface area (Å²) in [6.07, 6.45) is 4.64. The van der Waals surface area contributed by atoms with Crippen LogP contribution in [0.2, 0.25) is 5.02 Å². The van der Waals surface area contributed by atoms with Crippen LogP contribution < -0.4 is 4.90 Å². The summed E-state index contributed by atoms with van der Waals surface area (Å²) in [5.74, 6) is 0.309. The summed E-state index contributed by atoms with van der Waals surface area (Å²) >= 11 is 6.38. The molecule has 0 aromatic heterocycles. The first-order chi connectivity index (χ1) is 15.4. The number of carbonyl (C=O) groups excluding carboxylic acids is 2. The number of benzene rings is 1. The van der Waals surface area contributed by atoms with Gasteiger partial charge in [-0.25, -0.2) is 9.69 Å². The Bertz CT molecular complexity index is 905. The Hall–Kier alpha value is -1.67. The van der Waals surface area contributed by atoms with Crippen molar-refractivity contribution in [2.24, 2.45) is 0 Å². The van der Waals surface area contributed by atoms with Crippen LogP contribution in [0.4, 0.5) is 10.5 Å². The highest BCUT2D eigenvalue weighted by Gasteiger charge is 2.58. The normalized spacial score (nSPS) is 25.7. The number of urea groups is 1. The zero-order valence-corrected chi connectivity index (χ0v) is 19.4. The van der Waals surface area contributed by atoms with Gasteiger partial charge in [0.15, 0.2) is 0 Å². The van der Waals surface area contributed by atoms with Crippen LogP contribution >= 0.6 is 11.6 Å². The van der Waals surface area contributed by atoms with Crippen LogP contribution in [0.3, 0.4) is 0 Å². The van der Waals surface area contributed by atoms with E-state index in [4.69, 9.17) is 16.3 Å². The molecule has 4 fully saturated rings. The first kappa shape index (κ1) is 22.1. The van der Waals surface area contributed by atoms with Gasteiger partial charge in [-0.15, -0.1) is 0 Å². The predicted octanol–water partition coefficient (Wildman–Crippen LogP) is 3.38. The number of likely N-dealkylation sites (tertiary alicyclic amines) is 1. The molecule has 32 heavy (non-hydrogen) atoms. The van der Waals surface area contributed by atoms with Gasteiger partial charge < -0.3 is 19.6 Å². The number of amides is 3. The van der Waals surface area contributed by atoms with Gasteiger partial charge in [-0.3, -0.25) is 4.79 Å². The van der Waals surface area contributed by atoms with Crippen molar-refractivity contribution >= 4 is 29.2 Å². The highest BCUT2D eigenvalue weighted by molar-refractivity contribution is 6.31. The van der Waals surface area contributed by atoms with Crippen molar-refractivity contribution in [1.82, 2.24) is 9.80 Å². The number of nitrogens with zero attached hydrogens (tertiary/aromatic N) is 3. The third-order valence-electron chi connectivity index (χ3n) is 7.74. The van der Waals surface area contributed by atoms with Gasteiger partial charge >= 0.3 is 6.03 Å². The fraction of sp³-hybridized carbons (Fsp3) is 0.667. The second-order valence-electron chi connectivity index (χ2n) is 9.79. The number of hydrogen-bond donors (Lipinski definition) is 1. The molecule has 0 atom stereocenters. The molecule has 1 aromatic rings. The number of imide groups is 1. The first-order valence-electron chi connectivity index (χ1n) is 11.8. The molecule has 3 aliphatic heterocycles. The van der Waals surface area contributed by atoms with Gasteiger partial charge in [0.1, 0.15) is 5.54 Å². The minimum absolute atomic E-state index is 0.127. The summed E-state index contributed by atoms with van der Waals surface area (Å²) in [7, 11) is 0. The number of hydrogen-bond acceptors (Lipinski definition) is 5. The number of β-amino-alcohol motifs (C(OH)–C–C–N with tert-alkyl or cyclic N) is 1. The van der Waals surface area contributed by atoms with Crippen LogP contribution in [0, 0.1) is 0 Å². The Morgan fingerprint density at radius 3 is 2.44 bits per heavy atom. The number of ether oxygens (including phenoxy) is 1. The number of aliphatic hydroxyl groups is 1. The molecule has 0 unspecified atom stereocenters. The molecular formula is C24H32ClN3O4. The molecule has 1 saturated carbocycles. The third-order valence-corrected chi connectivity index (χ3v) is 8.08. The average molecular weight is 462 g/mol. The second-order valence-corrected chi connectivity index (χ2v) is 10.2. The van der Waals surface area contributed by atoms with E-state index in [1.165, 1.54) is 4.90 Å². The number of carbonyl (C=O) groups is 2. The van der Waals surface area contributed by atoms with Crippen molar-refractivity contribution in [3.63, 3.8) is 0 Å². The zero-order chi connectivity index (χ0) is 22.5. The molecule has 1 N–H and O–H groups in total. The van der Waals surface area contributed by atoms with Crippen molar-refractivity contribution in [3.8, 4) is 0 Å². The van der Waals surface area contributed by atoms with Crippen LogP contribution in [0.25, 0.3) is 0 Å². The van der Waals surface area contributed by atoms with Gasteiger partial charge in [0.25, 0.3) is 5.91 Å². The van der Waals surface area contributed by atoms with Crippen molar-refractivity contribution in [2.75, 3.05) is 44.3 Å². The standard InChI is InChI=1S/C24H32ClN3O4/c1-2-27-22(30)28(18-5-6-20(25)19(15-18)17-3-4-17)21(29)24(27)7-11-26(12-8-24)16-23(31)9-13-32-14-10-23/h5-6,15,17,31H,2-4,7-14,16H2,1H3. The number of piperidine rings is 1. The number of anilines is 1. The van der Waals surface area contributed by atoms with E-state index in [1.54, 1.807) is 11.0 Å². The smallest absolute Gasteiger partial charge is 0.332 e. The van der Waals surface area contributed by atoms with Gasteiger partial charge in [0, 0.05) is 57.3 Å². The molecule has 1 aliphatic carbocycles. The van der Waals surface area contributed by atoms with Crippen molar-refractivity contribution in [1.29, 1.82) is 0 Å². The molecule has 1 aromatic carbocycles. The fourth-order valence-electron chi connectivity index (χ4n) is 5.65. The highest BCUT2D eigenvalue weighted by atomic mass is 35.5. The average Bonchev–Trinajstić information content (AvgIpc) is 3.59. The minimum atomic E-state index is -0.806. The molecule has 4 aliphatic rings. The van der Waals surface area contributed by atoms with Gasteiger partial charge in [0.2, 0.25) is 0 Å². The predicted molar refractivity (Wildman–Crippen MR) is 122 cm³/mol. The minimum Gasteiger partial charge on any atom is -0.388 e. The van der Waals surface area contributed by atoms with E-state index in [1.807, 2.05) is 19.1 Å². The lowest BCUT2D eigenvalue weighted by Gasteiger charge is -2.44. The van der Waals surface area contributed by atoms with Crippen molar-refractivity contribution < 1.29 is 19.4 Å². The number of rotatable bonds is 5. The van der Waals surface area contributed by atoms with E-state index in [2.05, 4.69) is 4.90 Å². The van der Waals surface area contributed by atoms with Crippen LogP contribution in [0.5, 0.6) is 0 Å². The Labute approximate surface area is 194 Å². The van der Waals surface area contributed by atoms with Crippen LogP contribution in [0.1, 0.15) is 56.9 Å². The Morgan fingerprint density at radius 2 is 1.81 bits per heavy atom. The molecule has 8 heteroatoms. The van der Waals surface area contributed by atoms with E-state index < -0.39 is 11.1 Å². The van der Waals surface area contributed by atoms with E-state index >= 15 is 0 Å². The molecule has 5 rings (SSSR count). The van der Waals surface area contributed by atoms with E-state index in [0.29, 0.717) is 81.7 Å². The van der Waals surface area contributed by atoms with Crippen molar-refractivity contribution in [2.45, 2.75) is 62.5 Å². The largest absolute Gasteiger partial charge is 0.388 e. The molecule has 0 bridgehead atoms. The molecule has 3 saturated heterocycles. The van der Waals surface area contributed by atoms with Crippen LogP contribution in [0.15, 0.2) is 18.2 Å². The van der Waals surface area contributed by atoms with E-state index in [0.717, 1.165) is 18.4 Å². The third kappa shape index (κ3) is 3.73. The van der Waals surface area contributed by atoms with Gasteiger partial charge in [-0.05, 0) is 62.3 Å². The SMILES string of the molecule is CCN1C(=O)N(c2ccc(Cl)c(C3CC3)c2)C(=O)C12CCN(CC1(O)CCOCC1)CC2. The van der Waals surface area contributed by atoms with E-state index in [-0.39, 0.29) is 11.9 Å². The lowest BCUT2D eigenvalue weighted by atomic mass is 9.84. The summed E-state index contributed by atoms with van der Waals surface area (Å²) in [5.41, 5.74) is 0.130. The summed E-state index contributed by atoms with van der Waals surface area (Å²) in [6, 6.07) is 5.28. The molecular weight excluding hydrogens is 430 g/mol. The number of halogens is 1. The summed E-state index contributed by atoms with van der Waals surface area (Å²) in [6.45, 7) is 5.55. The second kappa shape index (κ2) is 8.28. The highest BCUT2D eigenvalue weighted by Crippen LogP contribution is 2.46. The molecule has 3 amide bonds. The zero-order valence-electron chi connectivity index (χ0n) is 18.7. The Kier molecular flexibility index (Phi) is 5.73. The molecule has 174 valence electrons. The number of likely N-dealkylation sites (N-methyl/N-ethyl adjacent to an activating group) is 1. The molecule has 0 radical (unpaired) electrons. The van der Waals surface area contributed by atoms with Crippen LogP contribution in [-0.2, 0) is 9.53 Å². The van der Waals surface area contributed by atoms with Gasteiger partial charge in [-0.1, -0.05) is 11.6 Å². The summed E-state index contributed by atoms with van der Waals surface area (Å²) < 4.78 is 5.39. The molecule has 1 spiro atoms. The first-order valence-corrected chi connectivity index (χ1v) is 12.2. The molecule has 3 heterocycles. The maximum absolute atomic E-state index is 13.7. The lowest BCUT2D eigenvalue weighted by Crippen LogP contribution is -2.58. The maximum atomic E-state index is 13.7. The fourth-order valence-corrected chi connectivity index (χ4v) is 5.92. The maximum Gasteiger partial charge on any atom is 0.332 e. The van der Waals surface area contributed by atoms with Crippen molar-refractivity contribution in [3.05, 3.63) is 28.8 Å². The molecule has 7 nitrogen and oxygen atoms in total. The Morgan fingerprint density at radius 1 is 1.12 bits per heavy atom. The monoisotopic (exact) mass is 461 g/mol.